The van der Waals surface area contributed by atoms with E-state index < -0.39 is 0 Å². The van der Waals surface area contributed by atoms with Gasteiger partial charge in [-0.15, -0.1) is 11.3 Å². The molecule has 2 aromatic rings. The van der Waals surface area contributed by atoms with E-state index in [1.165, 1.54) is 16.0 Å². The Hall–Kier alpha value is -1.39. The Labute approximate surface area is 111 Å². The Bertz CT molecular complexity index is 565. The summed E-state index contributed by atoms with van der Waals surface area (Å²) in [7, 11) is 1.97. The minimum Gasteiger partial charge on any atom is -0.493 e. The normalized spacial score (nSPS) is 15.2. The van der Waals surface area contributed by atoms with Crippen molar-refractivity contribution in [3.8, 4) is 16.3 Å². The first-order chi connectivity index (χ1) is 8.78. The van der Waals surface area contributed by atoms with Crippen LogP contribution in [-0.4, -0.2) is 18.6 Å². The lowest BCUT2D eigenvalue weighted by molar-refractivity contribution is 0.357. The summed E-state index contributed by atoms with van der Waals surface area (Å²) in [5.74, 6) is 1.03. The van der Waals surface area contributed by atoms with Crippen molar-refractivity contribution in [3.05, 3.63) is 34.8 Å². The second-order valence-electron chi connectivity index (χ2n) is 4.50. The van der Waals surface area contributed by atoms with Crippen molar-refractivity contribution in [1.29, 1.82) is 0 Å². The first kappa shape index (κ1) is 11.7. The lowest BCUT2D eigenvalue weighted by atomic mass is 10.1. The molecule has 0 bridgehead atoms. The Kier molecular flexibility index (Phi) is 3.06. The van der Waals surface area contributed by atoms with Crippen LogP contribution in [-0.2, 0) is 6.42 Å². The van der Waals surface area contributed by atoms with Crippen LogP contribution in [0, 0.1) is 0 Å². The monoisotopic (exact) mass is 260 g/mol. The molecule has 3 rings (SSSR count). The highest BCUT2D eigenvalue weighted by atomic mass is 32.1. The molecule has 0 radical (unpaired) electrons. The van der Waals surface area contributed by atoms with Crippen LogP contribution in [0.2, 0.25) is 0 Å². The number of nitrogens with zero attached hydrogens (tertiary/aromatic N) is 1. The molecule has 0 amide bonds. The molecule has 0 fully saturated rings. The van der Waals surface area contributed by atoms with Crippen LogP contribution < -0.4 is 10.1 Å². The van der Waals surface area contributed by atoms with Gasteiger partial charge in [-0.3, -0.25) is 0 Å². The molecule has 2 heterocycles. The standard InChI is InChI=1S/C14H16N2OS/c1-9(15-2)13-8-16-14(18-13)11-3-4-12-10(7-11)5-6-17-12/h3-4,7-9,15H,5-6H2,1-2H3. The molecular formula is C14H16N2OS. The van der Waals surface area contributed by atoms with Gasteiger partial charge in [-0.2, -0.15) is 0 Å². The van der Waals surface area contributed by atoms with Crippen molar-refractivity contribution >= 4 is 11.3 Å². The van der Waals surface area contributed by atoms with Gasteiger partial charge in [0.05, 0.1) is 6.61 Å². The molecule has 1 aromatic carbocycles. The van der Waals surface area contributed by atoms with E-state index in [9.17, 15) is 0 Å². The Morgan fingerprint density at radius 1 is 1.44 bits per heavy atom. The number of benzene rings is 1. The number of hydrogen-bond acceptors (Lipinski definition) is 4. The molecule has 18 heavy (non-hydrogen) atoms. The second kappa shape index (κ2) is 4.71. The second-order valence-corrected chi connectivity index (χ2v) is 5.56. The molecule has 1 N–H and O–H groups in total. The largest absolute Gasteiger partial charge is 0.493 e. The predicted octanol–water partition coefficient (Wildman–Crippen LogP) is 3.03. The van der Waals surface area contributed by atoms with Crippen molar-refractivity contribution in [2.75, 3.05) is 13.7 Å². The maximum atomic E-state index is 5.52. The fourth-order valence-electron chi connectivity index (χ4n) is 2.08. The zero-order valence-electron chi connectivity index (χ0n) is 10.6. The van der Waals surface area contributed by atoms with E-state index in [0.717, 1.165) is 23.8 Å². The minimum atomic E-state index is 0.356. The lowest BCUT2D eigenvalue weighted by Crippen LogP contribution is -2.10. The summed E-state index contributed by atoms with van der Waals surface area (Å²) in [5.41, 5.74) is 2.49. The smallest absolute Gasteiger partial charge is 0.123 e. The van der Waals surface area contributed by atoms with Crippen molar-refractivity contribution < 1.29 is 4.74 Å². The maximum absolute atomic E-state index is 5.52. The van der Waals surface area contributed by atoms with Crippen LogP contribution in [0.3, 0.4) is 0 Å². The van der Waals surface area contributed by atoms with E-state index in [0.29, 0.717) is 6.04 Å². The van der Waals surface area contributed by atoms with E-state index >= 15 is 0 Å². The minimum absolute atomic E-state index is 0.356. The molecule has 1 unspecified atom stereocenters. The Morgan fingerprint density at radius 2 is 2.33 bits per heavy atom. The van der Waals surface area contributed by atoms with Gasteiger partial charge in [0.15, 0.2) is 0 Å². The third kappa shape index (κ3) is 2.02. The number of hydrogen-bond donors (Lipinski definition) is 1. The fraction of sp³-hybridized carbons (Fsp3) is 0.357. The number of aromatic nitrogens is 1. The summed E-state index contributed by atoms with van der Waals surface area (Å²) >= 11 is 1.75. The van der Waals surface area contributed by atoms with Gasteiger partial charge in [0.25, 0.3) is 0 Å². The van der Waals surface area contributed by atoms with Crippen LogP contribution in [0.1, 0.15) is 23.4 Å². The molecule has 3 nitrogen and oxygen atoms in total. The number of rotatable bonds is 3. The van der Waals surface area contributed by atoms with Gasteiger partial charge in [0.2, 0.25) is 0 Å². The third-order valence-electron chi connectivity index (χ3n) is 3.32. The highest BCUT2D eigenvalue weighted by Crippen LogP contribution is 2.33. The van der Waals surface area contributed by atoms with Crippen molar-refractivity contribution in [2.45, 2.75) is 19.4 Å². The number of thiazole rings is 1. The third-order valence-corrected chi connectivity index (χ3v) is 4.55. The van der Waals surface area contributed by atoms with Gasteiger partial charge in [0.1, 0.15) is 10.8 Å². The van der Waals surface area contributed by atoms with Gasteiger partial charge in [-0.25, -0.2) is 4.98 Å². The molecule has 0 saturated heterocycles. The Morgan fingerprint density at radius 3 is 3.17 bits per heavy atom. The van der Waals surface area contributed by atoms with E-state index in [2.05, 4.69) is 35.4 Å². The SMILES string of the molecule is CNC(C)c1cnc(-c2ccc3c(c2)CCO3)s1. The van der Waals surface area contributed by atoms with E-state index in [1.54, 1.807) is 11.3 Å². The van der Waals surface area contributed by atoms with Crippen LogP contribution in [0.4, 0.5) is 0 Å². The summed E-state index contributed by atoms with van der Waals surface area (Å²) in [6.45, 7) is 2.95. The van der Waals surface area contributed by atoms with Crippen molar-refractivity contribution in [1.82, 2.24) is 10.3 Å². The van der Waals surface area contributed by atoms with Crippen molar-refractivity contribution in [3.63, 3.8) is 0 Å². The number of fused-ring (bicyclic) bond motifs is 1. The highest BCUT2D eigenvalue weighted by molar-refractivity contribution is 7.15. The van der Waals surface area contributed by atoms with E-state index in [1.807, 2.05) is 13.2 Å². The molecule has 1 atom stereocenters. The molecule has 1 aliphatic heterocycles. The van der Waals surface area contributed by atoms with Gasteiger partial charge in [0, 0.05) is 29.1 Å². The summed E-state index contributed by atoms with van der Waals surface area (Å²) < 4.78 is 5.52. The number of ether oxygens (including phenoxy) is 1. The predicted molar refractivity (Wildman–Crippen MR) is 74.2 cm³/mol. The maximum Gasteiger partial charge on any atom is 0.123 e. The molecule has 94 valence electrons. The summed E-state index contributed by atoms with van der Waals surface area (Å²) in [4.78, 5) is 5.79. The molecule has 0 aliphatic carbocycles. The van der Waals surface area contributed by atoms with Crippen molar-refractivity contribution in [2.24, 2.45) is 0 Å². The van der Waals surface area contributed by atoms with Gasteiger partial charge >= 0.3 is 0 Å². The summed E-state index contributed by atoms with van der Waals surface area (Å²) in [5, 5.41) is 4.32. The number of nitrogens with one attached hydrogen (secondary N) is 1. The quantitative estimate of drug-likeness (QED) is 0.921. The van der Waals surface area contributed by atoms with Gasteiger partial charge in [-0.05, 0) is 37.7 Å². The highest BCUT2D eigenvalue weighted by Gasteiger charge is 2.15. The van der Waals surface area contributed by atoms with Gasteiger partial charge < -0.3 is 10.1 Å². The zero-order valence-corrected chi connectivity index (χ0v) is 11.4. The van der Waals surface area contributed by atoms with Gasteiger partial charge in [-0.1, -0.05) is 0 Å². The molecule has 1 aliphatic rings. The van der Waals surface area contributed by atoms with Crippen LogP contribution >= 0.6 is 11.3 Å². The molecule has 4 heteroatoms. The van der Waals surface area contributed by atoms with Crippen LogP contribution in [0.15, 0.2) is 24.4 Å². The first-order valence-corrected chi connectivity index (χ1v) is 6.98. The summed E-state index contributed by atoms with van der Waals surface area (Å²) in [6, 6.07) is 6.71. The van der Waals surface area contributed by atoms with E-state index in [4.69, 9.17) is 4.74 Å². The average Bonchev–Trinajstić information content (AvgIpc) is 3.05. The lowest BCUT2D eigenvalue weighted by Gasteiger charge is -2.05. The van der Waals surface area contributed by atoms with Crippen LogP contribution in [0.5, 0.6) is 5.75 Å². The Balaban J connectivity index is 1.92. The molecule has 1 aromatic heterocycles. The molecule has 0 spiro atoms. The first-order valence-electron chi connectivity index (χ1n) is 6.17. The van der Waals surface area contributed by atoms with Crippen LogP contribution in [0.25, 0.3) is 10.6 Å². The molecule has 0 saturated carbocycles. The topological polar surface area (TPSA) is 34.2 Å². The summed E-state index contributed by atoms with van der Waals surface area (Å²) in [6.07, 6.45) is 2.97. The average molecular weight is 260 g/mol. The zero-order chi connectivity index (χ0) is 12.5. The fourth-order valence-corrected chi connectivity index (χ4v) is 3.06. The van der Waals surface area contributed by atoms with E-state index in [-0.39, 0.29) is 0 Å². The molecular weight excluding hydrogens is 244 g/mol.